The number of halogens is 2. The van der Waals surface area contributed by atoms with E-state index in [2.05, 4.69) is 0 Å². The third-order valence-corrected chi connectivity index (χ3v) is 4.42. The molecule has 0 bridgehead atoms. The van der Waals surface area contributed by atoms with Crippen molar-refractivity contribution in [3.63, 3.8) is 0 Å². The van der Waals surface area contributed by atoms with Crippen LogP contribution in [0.4, 0.5) is 0 Å². The monoisotopic (exact) mass is 276 g/mol. The van der Waals surface area contributed by atoms with E-state index in [0.29, 0.717) is 6.61 Å². The van der Waals surface area contributed by atoms with E-state index in [-0.39, 0.29) is 27.7 Å². The molecule has 0 aromatic heterocycles. The van der Waals surface area contributed by atoms with Crippen LogP contribution < -0.4 is 0 Å². The van der Waals surface area contributed by atoms with E-state index in [1.165, 1.54) is 19.3 Å². The fourth-order valence-electron chi connectivity index (χ4n) is 3.39. The van der Waals surface area contributed by atoms with E-state index in [1.807, 2.05) is 13.0 Å². The van der Waals surface area contributed by atoms with Crippen LogP contribution >= 0.6 is 23.2 Å². The molecule has 2 aliphatic carbocycles. The third kappa shape index (κ3) is 2.48. The number of hydrogen-bond donors (Lipinski definition) is 0. The molecule has 0 aromatic rings. The number of carbonyl (C=O) groups excluding carboxylic acids is 1. The minimum Gasteiger partial charge on any atom is -0.466 e. The van der Waals surface area contributed by atoms with Gasteiger partial charge in [-0.05, 0) is 37.2 Å². The molecule has 0 amide bonds. The highest BCUT2D eigenvalue weighted by Crippen LogP contribution is 2.67. The first-order valence-corrected chi connectivity index (χ1v) is 7.07. The molecule has 17 heavy (non-hydrogen) atoms. The predicted molar refractivity (Wildman–Crippen MR) is 68.9 cm³/mol. The second kappa shape index (κ2) is 5.19. The Hall–Kier alpha value is -0.210. The molecule has 2 atom stereocenters. The zero-order valence-electron chi connectivity index (χ0n) is 10.0. The second-order valence-corrected chi connectivity index (χ2v) is 6.01. The Bertz CT molecular complexity index is 328. The van der Waals surface area contributed by atoms with Crippen LogP contribution in [-0.2, 0) is 9.53 Å². The van der Waals surface area contributed by atoms with Gasteiger partial charge in [0.1, 0.15) is 4.49 Å². The minimum atomic E-state index is -0.0785. The molecule has 4 heteroatoms. The molecule has 0 saturated heterocycles. The van der Waals surface area contributed by atoms with Gasteiger partial charge in [0, 0.05) is 0 Å². The summed E-state index contributed by atoms with van der Waals surface area (Å²) in [7, 11) is 0. The first-order valence-electron chi connectivity index (χ1n) is 6.31. The average Bonchev–Trinajstić information content (AvgIpc) is 2.85. The number of carbonyl (C=O) groups is 1. The van der Waals surface area contributed by atoms with Crippen LogP contribution in [0.15, 0.2) is 10.6 Å². The van der Waals surface area contributed by atoms with E-state index < -0.39 is 0 Å². The lowest BCUT2D eigenvalue weighted by Gasteiger charge is -2.22. The Morgan fingerprint density at radius 1 is 1.35 bits per heavy atom. The Morgan fingerprint density at radius 2 is 2.00 bits per heavy atom. The number of esters is 1. The van der Waals surface area contributed by atoms with Gasteiger partial charge in [0.05, 0.1) is 12.5 Å². The van der Waals surface area contributed by atoms with Crippen LogP contribution in [0, 0.1) is 17.3 Å². The quantitative estimate of drug-likeness (QED) is 0.727. The molecular formula is C13H18Cl2O2. The normalized spacial score (nSPS) is 29.8. The molecule has 2 saturated carbocycles. The summed E-state index contributed by atoms with van der Waals surface area (Å²) < 4.78 is 5.42. The number of allylic oxidation sites excluding steroid dienone is 1. The van der Waals surface area contributed by atoms with Crippen molar-refractivity contribution in [1.82, 2.24) is 0 Å². The summed E-state index contributed by atoms with van der Waals surface area (Å²) in [6, 6.07) is 0. The number of ether oxygens (including phenoxy) is 1. The van der Waals surface area contributed by atoms with Gasteiger partial charge in [-0.25, -0.2) is 0 Å². The van der Waals surface area contributed by atoms with E-state index >= 15 is 0 Å². The van der Waals surface area contributed by atoms with Crippen LogP contribution in [0.2, 0.25) is 0 Å². The van der Waals surface area contributed by atoms with Crippen molar-refractivity contribution in [2.24, 2.45) is 17.3 Å². The van der Waals surface area contributed by atoms with Crippen LogP contribution in [0.3, 0.4) is 0 Å². The average molecular weight is 277 g/mol. The van der Waals surface area contributed by atoms with Gasteiger partial charge in [-0.3, -0.25) is 4.79 Å². The smallest absolute Gasteiger partial charge is 0.310 e. The molecule has 2 unspecified atom stereocenters. The van der Waals surface area contributed by atoms with Crippen molar-refractivity contribution < 1.29 is 9.53 Å². The predicted octanol–water partition coefficient (Wildman–Crippen LogP) is 4.07. The van der Waals surface area contributed by atoms with Gasteiger partial charge in [0.15, 0.2) is 0 Å². The van der Waals surface area contributed by atoms with Gasteiger partial charge < -0.3 is 4.74 Å². The summed E-state index contributed by atoms with van der Waals surface area (Å²) in [6.45, 7) is 2.28. The molecule has 1 spiro atoms. The van der Waals surface area contributed by atoms with Crippen molar-refractivity contribution in [2.75, 3.05) is 6.61 Å². The van der Waals surface area contributed by atoms with Gasteiger partial charge >= 0.3 is 5.97 Å². The first-order chi connectivity index (χ1) is 8.12. The largest absolute Gasteiger partial charge is 0.466 e. The molecule has 0 aromatic carbocycles. The molecule has 96 valence electrons. The Balaban J connectivity index is 2.13. The number of rotatable bonds is 3. The molecule has 0 aliphatic heterocycles. The molecule has 0 radical (unpaired) electrons. The second-order valence-electron chi connectivity index (χ2n) is 5.01. The van der Waals surface area contributed by atoms with Gasteiger partial charge in [-0.1, -0.05) is 42.5 Å². The fraction of sp³-hybridized carbons (Fsp3) is 0.769. The summed E-state index contributed by atoms with van der Waals surface area (Å²) in [5, 5.41) is 0. The Kier molecular flexibility index (Phi) is 4.04. The fourth-order valence-corrected chi connectivity index (χ4v) is 3.66. The molecule has 2 nitrogen and oxygen atoms in total. The Labute approximate surface area is 112 Å². The van der Waals surface area contributed by atoms with Crippen LogP contribution in [0.25, 0.3) is 0 Å². The summed E-state index contributed by atoms with van der Waals surface area (Å²) in [5.41, 5.74) is 0.0968. The highest BCUT2D eigenvalue weighted by molar-refractivity contribution is 6.55. The van der Waals surface area contributed by atoms with E-state index in [4.69, 9.17) is 27.9 Å². The molecule has 2 aliphatic rings. The molecule has 2 rings (SSSR count). The molecule has 2 fully saturated rings. The lowest BCUT2D eigenvalue weighted by Crippen LogP contribution is -2.16. The molecule has 0 heterocycles. The molecule has 0 N–H and O–H groups in total. The maximum Gasteiger partial charge on any atom is 0.310 e. The van der Waals surface area contributed by atoms with Crippen LogP contribution in [0.1, 0.15) is 39.0 Å². The van der Waals surface area contributed by atoms with Crippen LogP contribution in [0.5, 0.6) is 0 Å². The van der Waals surface area contributed by atoms with Crippen molar-refractivity contribution >= 4 is 29.2 Å². The minimum absolute atomic E-state index is 0.0183. The third-order valence-electron chi connectivity index (χ3n) is 4.16. The van der Waals surface area contributed by atoms with Crippen molar-refractivity contribution in [2.45, 2.75) is 39.0 Å². The van der Waals surface area contributed by atoms with Gasteiger partial charge in [0.2, 0.25) is 0 Å². The summed E-state index contributed by atoms with van der Waals surface area (Å²) >= 11 is 11.5. The highest BCUT2D eigenvalue weighted by Gasteiger charge is 2.66. The Morgan fingerprint density at radius 3 is 2.53 bits per heavy atom. The summed E-state index contributed by atoms with van der Waals surface area (Å²) in [4.78, 5) is 11.9. The van der Waals surface area contributed by atoms with E-state index in [9.17, 15) is 4.79 Å². The lowest BCUT2D eigenvalue weighted by molar-refractivity contribution is -0.146. The maximum absolute atomic E-state index is 11.9. The van der Waals surface area contributed by atoms with Crippen molar-refractivity contribution in [1.29, 1.82) is 0 Å². The first kappa shape index (κ1) is 13.2. The van der Waals surface area contributed by atoms with Crippen LogP contribution in [-0.4, -0.2) is 12.6 Å². The van der Waals surface area contributed by atoms with Crippen molar-refractivity contribution in [3.8, 4) is 0 Å². The van der Waals surface area contributed by atoms with Gasteiger partial charge in [-0.2, -0.15) is 0 Å². The lowest BCUT2D eigenvalue weighted by atomic mass is 9.83. The zero-order chi connectivity index (χ0) is 12.5. The van der Waals surface area contributed by atoms with Gasteiger partial charge in [0.25, 0.3) is 0 Å². The topological polar surface area (TPSA) is 26.3 Å². The van der Waals surface area contributed by atoms with Crippen molar-refractivity contribution in [3.05, 3.63) is 10.6 Å². The highest BCUT2D eigenvalue weighted by atomic mass is 35.5. The molecular weight excluding hydrogens is 259 g/mol. The van der Waals surface area contributed by atoms with E-state index in [0.717, 1.165) is 12.8 Å². The van der Waals surface area contributed by atoms with E-state index in [1.54, 1.807) is 0 Å². The van der Waals surface area contributed by atoms with Gasteiger partial charge in [-0.15, -0.1) is 0 Å². The summed E-state index contributed by atoms with van der Waals surface area (Å²) in [6.07, 6.45) is 7.68. The number of hydrogen-bond acceptors (Lipinski definition) is 2. The SMILES string of the molecule is CCOC(=O)C1C(C=C(Cl)Cl)C12CCCCC2. The maximum atomic E-state index is 11.9. The summed E-state index contributed by atoms with van der Waals surface area (Å²) in [5.74, 6) is 0.0901. The standard InChI is InChI=1S/C13H18Cl2O2/c1-2-17-12(16)11-9(8-10(14)15)13(11)6-4-3-5-7-13/h8-9,11H,2-7H2,1H3. The zero-order valence-corrected chi connectivity index (χ0v) is 11.6.